The molecular formula is C23H27N7O3S. The molecule has 1 aliphatic rings. The lowest BCUT2D eigenvalue weighted by Crippen LogP contribution is -2.30. The van der Waals surface area contributed by atoms with E-state index in [4.69, 9.17) is 0 Å². The van der Waals surface area contributed by atoms with Crippen LogP contribution in [0.15, 0.2) is 53.4 Å². The maximum Gasteiger partial charge on any atom is 0.242 e. The fourth-order valence-electron chi connectivity index (χ4n) is 3.64. The number of amides is 1. The number of aromatic nitrogens is 2. The van der Waals surface area contributed by atoms with E-state index in [1.54, 1.807) is 56.3 Å². The molecule has 5 N–H and O–H groups in total. The van der Waals surface area contributed by atoms with Crippen molar-refractivity contribution in [2.45, 2.75) is 38.1 Å². The molecule has 10 nitrogen and oxygen atoms in total. The molecule has 0 aliphatic carbocycles. The first-order chi connectivity index (χ1) is 16.2. The summed E-state index contributed by atoms with van der Waals surface area (Å²) in [5.74, 6) is 1.36. The number of para-hydroxylation sites is 1. The van der Waals surface area contributed by atoms with Crippen LogP contribution >= 0.6 is 0 Å². The molecule has 0 spiro atoms. The topological polar surface area (TPSA) is 137 Å². The van der Waals surface area contributed by atoms with Gasteiger partial charge >= 0.3 is 0 Å². The minimum Gasteiger partial charge on any atom is -0.369 e. The molecule has 0 saturated carbocycles. The molecule has 4 rings (SSSR count). The van der Waals surface area contributed by atoms with Crippen LogP contribution in [0.5, 0.6) is 0 Å². The highest BCUT2D eigenvalue weighted by Crippen LogP contribution is 2.33. The molecule has 1 aromatic heterocycles. The third-order valence-corrected chi connectivity index (χ3v) is 6.65. The normalized spacial score (nSPS) is 12.7. The van der Waals surface area contributed by atoms with Gasteiger partial charge in [-0.05, 0) is 50.6 Å². The van der Waals surface area contributed by atoms with Crippen molar-refractivity contribution in [1.82, 2.24) is 14.7 Å². The zero-order valence-electron chi connectivity index (χ0n) is 19.1. The maximum atomic E-state index is 12.9. The van der Waals surface area contributed by atoms with Crippen LogP contribution in [0.25, 0.3) is 0 Å². The predicted octanol–water partition coefficient (Wildman–Crippen LogP) is 3.58. The van der Waals surface area contributed by atoms with Gasteiger partial charge in [0.15, 0.2) is 0 Å². The van der Waals surface area contributed by atoms with Gasteiger partial charge in [-0.1, -0.05) is 18.2 Å². The Labute approximate surface area is 198 Å². The lowest BCUT2D eigenvalue weighted by atomic mass is 10.2. The third-order valence-electron chi connectivity index (χ3n) is 4.93. The molecule has 11 heteroatoms. The molecule has 2 heterocycles. The second kappa shape index (κ2) is 9.65. The van der Waals surface area contributed by atoms with Crippen LogP contribution in [-0.4, -0.2) is 36.9 Å². The molecule has 2 aromatic carbocycles. The van der Waals surface area contributed by atoms with Crippen LogP contribution in [-0.2, 0) is 21.2 Å². The van der Waals surface area contributed by atoms with Crippen molar-refractivity contribution in [2.24, 2.45) is 0 Å². The van der Waals surface area contributed by atoms with Crippen LogP contribution in [0, 0.1) is 0 Å². The van der Waals surface area contributed by atoms with E-state index < -0.39 is 10.0 Å². The van der Waals surface area contributed by atoms with Crippen LogP contribution in [0.2, 0.25) is 0 Å². The molecule has 178 valence electrons. The number of nitrogens with one attached hydrogen (secondary N) is 5. The standard InChI is InChI=1S/C23H27N7O3S/c1-14(2)30-34(32,33)20-10-5-4-9-19(20)27-22-18-11-12-24-21(18)28-23(29-22)26-17-8-6-7-16(13-17)25-15(3)31/h4-10,13-14,30H,11-12H2,1-3H3,(H,25,31)(H3,24,26,27,28,29). The summed E-state index contributed by atoms with van der Waals surface area (Å²) in [7, 11) is -3.72. The van der Waals surface area contributed by atoms with E-state index >= 15 is 0 Å². The number of hydrogen-bond acceptors (Lipinski definition) is 8. The van der Waals surface area contributed by atoms with Gasteiger partial charge in [0.2, 0.25) is 21.9 Å². The highest BCUT2D eigenvalue weighted by Gasteiger charge is 2.23. The lowest BCUT2D eigenvalue weighted by Gasteiger charge is -2.16. The highest BCUT2D eigenvalue weighted by atomic mass is 32.2. The Kier molecular flexibility index (Phi) is 6.66. The van der Waals surface area contributed by atoms with Crippen molar-refractivity contribution in [3.8, 4) is 0 Å². The Hall–Kier alpha value is -3.70. The summed E-state index contributed by atoms with van der Waals surface area (Å²) in [5, 5.41) is 12.4. The maximum absolute atomic E-state index is 12.9. The van der Waals surface area contributed by atoms with E-state index in [-0.39, 0.29) is 16.8 Å². The average molecular weight is 482 g/mol. The monoisotopic (exact) mass is 481 g/mol. The van der Waals surface area contributed by atoms with E-state index in [0.29, 0.717) is 47.6 Å². The number of hydrogen-bond donors (Lipinski definition) is 5. The quantitative estimate of drug-likeness (QED) is 0.329. The molecule has 0 saturated heterocycles. The SMILES string of the molecule is CC(=O)Nc1cccc(Nc2nc3c(c(Nc4ccccc4S(=O)(=O)NC(C)C)n2)CCN3)c1. The van der Waals surface area contributed by atoms with Gasteiger partial charge in [-0.15, -0.1) is 0 Å². The van der Waals surface area contributed by atoms with Gasteiger partial charge in [0.05, 0.1) is 5.69 Å². The number of rotatable bonds is 8. The number of carbonyl (C=O) groups excluding carboxylic acids is 1. The molecule has 0 fully saturated rings. The van der Waals surface area contributed by atoms with Gasteiger partial charge in [-0.2, -0.15) is 9.97 Å². The zero-order valence-corrected chi connectivity index (χ0v) is 20.0. The zero-order chi connectivity index (χ0) is 24.3. The van der Waals surface area contributed by atoms with Crippen LogP contribution in [0.4, 0.5) is 34.6 Å². The van der Waals surface area contributed by atoms with E-state index in [9.17, 15) is 13.2 Å². The molecule has 0 bridgehead atoms. The summed E-state index contributed by atoms with van der Waals surface area (Å²) in [5.41, 5.74) is 2.63. The number of fused-ring (bicyclic) bond motifs is 1. The van der Waals surface area contributed by atoms with Crippen molar-refractivity contribution in [2.75, 3.05) is 27.8 Å². The van der Waals surface area contributed by atoms with Crippen LogP contribution in [0.1, 0.15) is 26.3 Å². The first kappa shape index (κ1) is 23.5. The second-order valence-electron chi connectivity index (χ2n) is 8.18. The van der Waals surface area contributed by atoms with E-state index in [1.165, 1.54) is 6.92 Å². The van der Waals surface area contributed by atoms with Crippen LogP contribution in [0.3, 0.4) is 0 Å². The fourth-order valence-corrected chi connectivity index (χ4v) is 5.06. The second-order valence-corrected chi connectivity index (χ2v) is 9.87. The fraction of sp³-hybridized carbons (Fsp3) is 0.261. The Morgan fingerprint density at radius 3 is 2.56 bits per heavy atom. The molecule has 34 heavy (non-hydrogen) atoms. The Balaban J connectivity index is 1.67. The van der Waals surface area contributed by atoms with Crippen molar-refractivity contribution in [1.29, 1.82) is 0 Å². The van der Waals surface area contributed by atoms with E-state index in [2.05, 4.69) is 36.0 Å². The molecule has 0 radical (unpaired) electrons. The van der Waals surface area contributed by atoms with Gasteiger partial charge in [-0.3, -0.25) is 4.79 Å². The molecule has 3 aromatic rings. The van der Waals surface area contributed by atoms with Gasteiger partial charge < -0.3 is 21.3 Å². The molecule has 0 atom stereocenters. The van der Waals surface area contributed by atoms with Crippen molar-refractivity contribution < 1.29 is 13.2 Å². The largest absolute Gasteiger partial charge is 0.369 e. The third kappa shape index (κ3) is 5.43. The first-order valence-corrected chi connectivity index (χ1v) is 12.4. The predicted molar refractivity (Wildman–Crippen MR) is 133 cm³/mol. The number of sulfonamides is 1. The number of anilines is 6. The summed E-state index contributed by atoms with van der Waals surface area (Å²) in [6.07, 6.45) is 0.703. The van der Waals surface area contributed by atoms with E-state index in [0.717, 1.165) is 5.56 Å². The summed E-state index contributed by atoms with van der Waals surface area (Å²) in [6, 6.07) is 13.7. The summed E-state index contributed by atoms with van der Waals surface area (Å²) >= 11 is 0. The van der Waals surface area contributed by atoms with Crippen LogP contribution < -0.4 is 26.0 Å². The Morgan fingerprint density at radius 2 is 1.79 bits per heavy atom. The Morgan fingerprint density at radius 1 is 1.03 bits per heavy atom. The van der Waals surface area contributed by atoms with E-state index in [1.807, 2.05) is 6.07 Å². The summed E-state index contributed by atoms with van der Waals surface area (Å²) in [4.78, 5) is 20.7. The lowest BCUT2D eigenvalue weighted by molar-refractivity contribution is -0.114. The molecule has 1 aliphatic heterocycles. The van der Waals surface area contributed by atoms with Gasteiger partial charge in [-0.25, -0.2) is 13.1 Å². The Bertz CT molecular complexity index is 1330. The first-order valence-electron chi connectivity index (χ1n) is 10.9. The highest BCUT2D eigenvalue weighted by molar-refractivity contribution is 7.89. The van der Waals surface area contributed by atoms with Gasteiger partial charge in [0, 0.05) is 36.4 Å². The molecule has 0 unspecified atom stereocenters. The van der Waals surface area contributed by atoms with Gasteiger partial charge in [0.1, 0.15) is 16.5 Å². The molecule has 1 amide bonds. The number of carbonyl (C=O) groups is 1. The van der Waals surface area contributed by atoms with Gasteiger partial charge in [0.25, 0.3) is 0 Å². The number of benzene rings is 2. The summed E-state index contributed by atoms with van der Waals surface area (Å²) in [6.45, 7) is 5.70. The van der Waals surface area contributed by atoms with Crippen molar-refractivity contribution >= 4 is 50.6 Å². The number of nitrogens with zero attached hydrogens (tertiary/aromatic N) is 2. The summed E-state index contributed by atoms with van der Waals surface area (Å²) < 4.78 is 28.4. The van der Waals surface area contributed by atoms with Crippen molar-refractivity contribution in [3.05, 3.63) is 54.1 Å². The minimum atomic E-state index is -3.72. The minimum absolute atomic E-state index is 0.138. The van der Waals surface area contributed by atoms with Crippen molar-refractivity contribution in [3.63, 3.8) is 0 Å². The smallest absolute Gasteiger partial charge is 0.242 e. The average Bonchev–Trinajstić information content (AvgIpc) is 3.22. The molecular weight excluding hydrogens is 454 g/mol.